The number of carbonyl (C=O) groups excluding carboxylic acids is 1. The van der Waals surface area contributed by atoms with Gasteiger partial charge in [0, 0.05) is 38.6 Å². The maximum atomic E-state index is 12.7. The van der Waals surface area contributed by atoms with E-state index in [0.717, 1.165) is 30.5 Å². The topological polar surface area (TPSA) is 80.3 Å². The van der Waals surface area contributed by atoms with Crippen molar-refractivity contribution >= 4 is 11.7 Å². The molecular formula is C18H20N6O2. The predicted molar refractivity (Wildman–Crippen MR) is 95.5 cm³/mol. The van der Waals surface area contributed by atoms with Crippen molar-refractivity contribution in [3.05, 3.63) is 54.0 Å². The number of hydrogen-bond donors (Lipinski definition) is 0. The lowest BCUT2D eigenvalue weighted by atomic mass is 10.2. The standard InChI is InChI=1S/C18H20N6O2/c1-13-11-15(14(2)26-13)18(25)23-9-7-22(8-10-23)16-3-4-17(21-20-16)24-6-5-19-12-24/h3-6,11-12H,7-10H2,1-2H3. The molecule has 0 bridgehead atoms. The number of aryl methyl sites for hydroxylation is 2. The number of hydrogen-bond acceptors (Lipinski definition) is 6. The van der Waals surface area contributed by atoms with E-state index >= 15 is 0 Å². The molecule has 0 saturated carbocycles. The van der Waals surface area contributed by atoms with Gasteiger partial charge in [0.15, 0.2) is 11.6 Å². The summed E-state index contributed by atoms with van der Waals surface area (Å²) >= 11 is 0. The smallest absolute Gasteiger partial charge is 0.257 e. The van der Waals surface area contributed by atoms with Crippen molar-refractivity contribution in [1.82, 2.24) is 24.6 Å². The van der Waals surface area contributed by atoms with Crippen LogP contribution in [-0.4, -0.2) is 56.7 Å². The summed E-state index contributed by atoms with van der Waals surface area (Å²) in [5.41, 5.74) is 0.653. The van der Waals surface area contributed by atoms with Gasteiger partial charge in [-0.1, -0.05) is 0 Å². The number of aromatic nitrogens is 4. The molecule has 3 aromatic rings. The number of furan rings is 1. The van der Waals surface area contributed by atoms with Gasteiger partial charge in [0.2, 0.25) is 0 Å². The molecule has 0 atom stereocenters. The fourth-order valence-corrected chi connectivity index (χ4v) is 3.17. The zero-order valence-corrected chi connectivity index (χ0v) is 14.8. The van der Waals surface area contributed by atoms with E-state index in [4.69, 9.17) is 4.42 Å². The molecule has 26 heavy (non-hydrogen) atoms. The summed E-state index contributed by atoms with van der Waals surface area (Å²) in [4.78, 5) is 20.7. The molecule has 0 radical (unpaired) electrons. The molecule has 1 fully saturated rings. The number of amides is 1. The summed E-state index contributed by atoms with van der Waals surface area (Å²) in [5.74, 6) is 3.01. The molecule has 4 heterocycles. The summed E-state index contributed by atoms with van der Waals surface area (Å²) in [7, 11) is 0. The van der Waals surface area contributed by atoms with Crippen LogP contribution in [-0.2, 0) is 0 Å². The Morgan fingerprint density at radius 2 is 1.81 bits per heavy atom. The lowest BCUT2D eigenvalue weighted by Gasteiger charge is -2.35. The van der Waals surface area contributed by atoms with Crippen molar-refractivity contribution in [1.29, 1.82) is 0 Å². The Kier molecular flexibility index (Phi) is 4.16. The molecule has 0 spiro atoms. The van der Waals surface area contributed by atoms with Crippen LogP contribution in [0.15, 0.2) is 41.3 Å². The van der Waals surface area contributed by atoms with Crippen molar-refractivity contribution in [3.63, 3.8) is 0 Å². The fourth-order valence-electron chi connectivity index (χ4n) is 3.17. The van der Waals surface area contributed by atoms with E-state index in [2.05, 4.69) is 20.1 Å². The minimum Gasteiger partial charge on any atom is -0.466 e. The summed E-state index contributed by atoms with van der Waals surface area (Å²) in [6.45, 7) is 6.42. The van der Waals surface area contributed by atoms with Crippen molar-refractivity contribution in [3.8, 4) is 5.82 Å². The number of anilines is 1. The second-order valence-corrected chi connectivity index (χ2v) is 6.33. The van der Waals surface area contributed by atoms with Crippen LogP contribution >= 0.6 is 0 Å². The van der Waals surface area contributed by atoms with Crippen molar-refractivity contribution in [2.75, 3.05) is 31.1 Å². The van der Waals surface area contributed by atoms with Crippen LogP contribution in [0.1, 0.15) is 21.9 Å². The average Bonchev–Trinajstić information content (AvgIpc) is 3.31. The van der Waals surface area contributed by atoms with Gasteiger partial charge in [-0.15, -0.1) is 10.2 Å². The lowest BCUT2D eigenvalue weighted by Crippen LogP contribution is -2.49. The van der Waals surface area contributed by atoms with Gasteiger partial charge < -0.3 is 14.2 Å². The molecule has 3 aromatic heterocycles. The first-order valence-corrected chi connectivity index (χ1v) is 8.55. The zero-order valence-electron chi connectivity index (χ0n) is 14.8. The SMILES string of the molecule is Cc1cc(C(=O)N2CCN(c3ccc(-n4ccnc4)nn3)CC2)c(C)o1. The normalized spacial score (nSPS) is 14.7. The average molecular weight is 352 g/mol. The van der Waals surface area contributed by atoms with E-state index in [1.165, 1.54) is 0 Å². The molecular weight excluding hydrogens is 332 g/mol. The molecule has 1 amide bonds. The van der Waals surface area contributed by atoms with Crippen LogP contribution in [0.5, 0.6) is 0 Å². The van der Waals surface area contributed by atoms with Crippen LogP contribution in [0.4, 0.5) is 5.82 Å². The maximum Gasteiger partial charge on any atom is 0.257 e. The summed E-state index contributed by atoms with van der Waals surface area (Å²) < 4.78 is 7.28. The van der Waals surface area contributed by atoms with Gasteiger partial charge in [-0.05, 0) is 32.0 Å². The molecule has 8 heteroatoms. The largest absolute Gasteiger partial charge is 0.466 e. The predicted octanol–water partition coefficient (Wildman–Crippen LogP) is 1.83. The molecule has 8 nitrogen and oxygen atoms in total. The van der Waals surface area contributed by atoms with E-state index in [9.17, 15) is 4.79 Å². The molecule has 1 aliphatic heterocycles. The highest BCUT2D eigenvalue weighted by Crippen LogP contribution is 2.19. The van der Waals surface area contributed by atoms with E-state index in [0.29, 0.717) is 24.4 Å². The van der Waals surface area contributed by atoms with Crippen LogP contribution in [0, 0.1) is 13.8 Å². The molecule has 0 N–H and O–H groups in total. The zero-order chi connectivity index (χ0) is 18.1. The van der Waals surface area contributed by atoms with Gasteiger partial charge in [-0.2, -0.15) is 0 Å². The molecule has 4 rings (SSSR count). The van der Waals surface area contributed by atoms with Crippen molar-refractivity contribution in [2.45, 2.75) is 13.8 Å². The lowest BCUT2D eigenvalue weighted by molar-refractivity contribution is 0.0744. The van der Waals surface area contributed by atoms with E-state index in [1.807, 2.05) is 47.7 Å². The van der Waals surface area contributed by atoms with Crippen LogP contribution in [0.25, 0.3) is 5.82 Å². The minimum atomic E-state index is 0.0283. The Morgan fingerprint density at radius 1 is 1.08 bits per heavy atom. The number of imidazole rings is 1. The molecule has 0 aromatic carbocycles. The summed E-state index contributed by atoms with van der Waals surface area (Å²) in [6.07, 6.45) is 5.22. The number of nitrogens with zero attached hydrogens (tertiary/aromatic N) is 6. The van der Waals surface area contributed by atoms with Crippen molar-refractivity contribution in [2.24, 2.45) is 0 Å². The Balaban J connectivity index is 1.40. The molecule has 0 unspecified atom stereocenters. The minimum absolute atomic E-state index is 0.0283. The van der Waals surface area contributed by atoms with Gasteiger partial charge in [-0.25, -0.2) is 4.98 Å². The number of carbonyl (C=O) groups is 1. The first kappa shape index (κ1) is 16.3. The van der Waals surface area contributed by atoms with E-state index in [-0.39, 0.29) is 5.91 Å². The highest BCUT2D eigenvalue weighted by atomic mass is 16.3. The number of rotatable bonds is 3. The first-order valence-electron chi connectivity index (χ1n) is 8.55. The molecule has 0 aliphatic carbocycles. The van der Waals surface area contributed by atoms with E-state index in [1.54, 1.807) is 12.5 Å². The van der Waals surface area contributed by atoms with Gasteiger partial charge in [0.1, 0.15) is 17.8 Å². The van der Waals surface area contributed by atoms with Crippen LogP contribution in [0.3, 0.4) is 0 Å². The maximum absolute atomic E-state index is 12.7. The van der Waals surface area contributed by atoms with Gasteiger partial charge >= 0.3 is 0 Å². The van der Waals surface area contributed by atoms with Gasteiger partial charge in [0.25, 0.3) is 5.91 Å². The third kappa shape index (κ3) is 3.05. The number of piperazine rings is 1. The monoisotopic (exact) mass is 352 g/mol. The third-order valence-electron chi connectivity index (χ3n) is 4.57. The second-order valence-electron chi connectivity index (χ2n) is 6.33. The summed E-state index contributed by atoms with van der Waals surface area (Å²) in [5, 5.41) is 8.56. The van der Waals surface area contributed by atoms with Gasteiger partial charge in [-0.3, -0.25) is 9.36 Å². The molecule has 1 aliphatic rings. The Labute approximate surface area is 151 Å². The van der Waals surface area contributed by atoms with Crippen LogP contribution in [0.2, 0.25) is 0 Å². The second kappa shape index (κ2) is 6.62. The fraction of sp³-hybridized carbons (Fsp3) is 0.333. The van der Waals surface area contributed by atoms with Crippen molar-refractivity contribution < 1.29 is 9.21 Å². The quantitative estimate of drug-likeness (QED) is 0.715. The van der Waals surface area contributed by atoms with Gasteiger partial charge in [0.05, 0.1) is 5.56 Å². The molecule has 134 valence electrons. The Morgan fingerprint density at radius 3 is 2.38 bits per heavy atom. The highest BCUT2D eigenvalue weighted by molar-refractivity contribution is 5.95. The van der Waals surface area contributed by atoms with E-state index < -0.39 is 0 Å². The third-order valence-corrected chi connectivity index (χ3v) is 4.57. The van der Waals surface area contributed by atoms with Crippen LogP contribution < -0.4 is 4.90 Å². The Hall–Kier alpha value is -3.16. The Bertz CT molecular complexity index is 892. The first-order chi connectivity index (χ1) is 12.6. The highest BCUT2D eigenvalue weighted by Gasteiger charge is 2.25. The summed E-state index contributed by atoms with van der Waals surface area (Å²) in [6, 6.07) is 5.67. The molecule has 1 saturated heterocycles.